The van der Waals surface area contributed by atoms with Crippen LogP contribution in [0.2, 0.25) is 5.02 Å². The number of carbonyl (C=O) groups excluding carboxylic acids is 1. The number of carbonyl (C=O) groups is 1. The van der Waals surface area contributed by atoms with Crippen LogP contribution in [0, 0.1) is 0 Å². The Morgan fingerprint density at radius 3 is 2.19 bits per heavy atom. The Morgan fingerprint density at radius 1 is 1.05 bits per heavy atom. The first-order chi connectivity index (χ1) is 9.91. The van der Waals surface area contributed by atoms with Crippen LogP contribution in [0.5, 0.6) is 0 Å². The lowest BCUT2D eigenvalue weighted by Crippen LogP contribution is -2.41. The highest BCUT2D eigenvalue weighted by molar-refractivity contribution is 6.30. The average Bonchev–Trinajstić information content (AvgIpc) is 2.48. The highest BCUT2D eigenvalue weighted by atomic mass is 35.5. The zero-order valence-electron chi connectivity index (χ0n) is 12.6. The molecule has 1 unspecified atom stereocenters. The molecular weight excluding hydrogens is 282 g/mol. The fourth-order valence-corrected chi connectivity index (χ4v) is 2.33. The molecule has 2 aromatic carbocycles. The molecule has 0 saturated heterocycles. The van der Waals surface area contributed by atoms with Crippen LogP contribution in [-0.4, -0.2) is 5.91 Å². The molecule has 0 fully saturated rings. The van der Waals surface area contributed by atoms with Gasteiger partial charge in [-0.25, -0.2) is 0 Å². The van der Waals surface area contributed by atoms with E-state index in [1.807, 2.05) is 75.4 Å². The van der Waals surface area contributed by atoms with Gasteiger partial charge < -0.3 is 5.32 Å². The summed E-state index contributed by atoms with van der Waals surface area (Å²) in [6, 6.07) is 17.3. The largest absolute Gasteiger partial charge is 0.349 e. The second-order valence-corrected chi connectivity index (χ2v) is 6.17. The minimum absolute atomic E-state index is 0.00109. The Kier molecular flexibility index (Phi) is 4.69. The maximum atomic E-state index is 12.6. The molecule has 2 rings (SSSR count). The third kappa shape index (κ3) is 3.64. The Hall–Kier alpha value is -1.80. The summed E-state index contributed by atoms with van der Waals surface area (Å²) in [6.07, 6.45) is 0. The van der Waals surface area contributed by atoms with E-state index in [1.54, 1.807) is 0 Å². The number of benzene rings is 2. The first kappa shape index (κ1) is 15.6. The first-order valence-electron chi connectivity index (χ1n) is 7.03. The summed E-state index contributed by atoms with van der Waals surface area (Å²) in [7, 11) is 0. The molecule has 0 aliphatic carbocycles. The van der Waals surface area contributed by atoms with Crippen molar-refractivity contribution in [3.63, 3.8) is 0 Å². The van der Waals surface area contributed by atoms with Crippen LogP contribution in [0.1, 0.15) is 37.9 Å². The normalized spacial score (nSPS) is 12.8. The number of rotatable bonds is 4. The minimum Gasteiger partial charge on any atom is -0.349 e. The topological polar surface area (TPSA) is 29.1 Å². The maximum absolute atomic E-state index is 12.6. The van der Waals surface area contributed by atoms with E-state index >= 15 is 0 Å². The van der Waals surface area contributed by atoms with Gasteiger partial charge in [0, 0.05) is 5.02 Å². The van der Waals surface area contributed by atoms with Gasteiger partial charge in [0.1, 0.15) is 0 Å². The van der Waals surface area contributed by atoms with Crippen molar-refractivity contribution in [1.29, 1.82) is 0 Å². The second kappa shape index (κ2) is 6.31. The summed E-state index contributed by atoms with van der Waals surface area (Å²) in [5, 5.41) is 3.75. The van der Waals surface area contributed by atoms with Gasteiger partial charge in [-0.3, -0.25) is 4.79 Å². The van der Waals surface area contributed by atoms with Crippen LogP contribution < -0.4 is 5.32 Å². The fraction of sp³-hybridized carbons (Fsp3) is 0.278. The van der Waals surface area contributed by atoms with Crippen molar-refractivity contribution in [2.75, 3.05) is 0 Å². The molecule has 3 heteroatoms. The van der Waals surface area contributed by atoms with E-state index in [9.17, 15) is 4.79 Å². The highest BCUT2D eigenvalue weighted by Gasteiger charge is 2.30. The van der Waals surface area contributed by atoms with Gasteiger partial charge in [-0.1, -0.05) is 54.1 Å². The Bertz CT molecular complexity index is 605. The number of hydrogen-bond donors (Lipinski definition) is 1. The van der Waals surface area contributed by atoms with Gasteiger partial charge in [0.2, 0.25) is 5.91 Å². The second-order valence-electron chi connectivity index (χ2n) is 5.74. The van der Waals surface area contributed by atoms with Crippen LogP contribution in [0.3, 0.4) is 0 Å². The minimum atomic E-state index is -0.604. The van der Waals surface area contributed by atoms with E-state index in [0.717, 1.165) is 11.1 Å². The molecule has 2 aromatic rings. The molecule has 110 valence electrons. The highest BCUT2D eigenvalue weighted by Crippen LogP contribution is 2.26. The summed E-state index contributed by atoms with van der Waals surface area (Å²) < 4.78 is 0. The van der Waals surface area contributed by atoms with E-state index in [4.69, 9.17) is 11.6 Å². The van der Waals surface area contributed by atoms with Crippen molar-refractivity contribution in [2.24, 2.45) is 0 Å². The van der Waals surface area contributed by atoms with Crippen molar-refractivity contribution in [3.8, 4) is 0 Å². The van der Waals surface area contributed by atoms with Crippen molar-refractivity contribution >= 4 is 17.5 Å². The van der Waals surface area contributed by atoms with Crippen LogP contribution in [-0.2, 0) is 10.2 Å². The van der Waals surface area contributed by atoms with Gasteiger partial charge in [0.15, 0.2) is 0 Å². The predicted molar refractivity (Wildman–Crippen MR) is 87.5 cm³/mol. The summed E-state index contributed by atoms with van der Waals surface area (Å²) >= 11 is 5.91. The molecule has 0 spiro atoms. The summed E-state index contributed by atoms with van der Waals surface area (Å²) in [5.74, 6) is 0.00109. The summed E-state index contributed by atoms with van der Waals surface area (Å²) in [6.45, 7) is 5.83. The van der Waals surface area contributed by atoms with Crippen molar-refractivity contribution in [1.82, 2.24) is 5.32 Å². The van der Waals surface area contributed by atoms with Gasteiger partial charge in [0.05, 0.1) is 11.5 Å². The van der Waals surface area contributed by atoms with Gasteiger partial charge in [-0.05, 0) is 44.0 Å². The quantitative estimate of drug-likeness (QED) is 0.885. The molecule has 0 radical (unpaired) electrons. The van der Waals surface area contributed by atoms with Crippen molar-refractivity contribution < 1.29 is 4.79 Å². The summed E-state index contributed by atoms with van der Waals surface area (Å²) in [4.78, 5) is 12.6. The summed E-state index contributed by atoms with van der Waals surface area (Å²) in [5.41, 5.74) is 1.44. The molecule has 2 nitrogen and oxygen atoms in total. The van der Waals surface area contributed by atoms with E-state index in [0.29, 0.717) is 5.02 Å². The van der Waals surface area contributed by atoms with Gasteiger partial charge in [-0.15, -0.1) is 0 Å². The maximum Gasteiger partial charge on any atom is 0.230 e. The first-order valence-corrected chi connectivity index (χ1v) is 7.41. The SMILES string of the molecule is CC(NC(=O)C(C)(C)c1ccc(Cl)cc1)c1ccccc1. The van der Waals surface area contributed by atoms with Crippen molar-refractivity contribution in [3.05, 3.63) is 70.7 Å². The number of amides is 1. The molecule has 1 atom stereocenters. The Morgan fingerprint density at radius 2 is 1.62 bits per heavy atom. The molecular formula is C18H20ClNO. The van der Waals surface area contributed by atoms with Crippen LogP contribution in [0.15, 0.2) is 54.6 Å². The molecule has 0 saturated carbocycles. The zero-order valence-corrected chi connectivity index (χ0v) is 13.3. The lowest BCUT2D eigenvalue weighted by Gasteiger charge is -2.26. The van der Waals surface area contributed by atoms with Crippen molar-refractivity contribution in [2.45, 2.75) is 32.2 Å². The van der Waals surface area contributed by atoms with E-state index in [2.05, 4.69) is 5.32 Å². The average molecular weight is 302 g/mol. The van der Waals surface area contributed by atoms with Crippen LogP contribution >= 0.6 is 11.6 Å². The van der Waals surface area contributed by atoms with E-state index in [1.165, 1.54) is 0 Å². The molecule has 0 aliphatic heterocycles. The zero-order chi connectivity index (χ0) is 15.5. The Labute approximate surface area is 131 Å². The standard InChI is InChI=1S/C18H20ClNO/c1-13(14-7-5-4-6-8-14)20-17(21)18(2,3)15-9-11-16(19)12-10-15/h4-13H,1-3H3,(H,20,21). The lowest BCUT2D eigenvalue weighted by atomic mass is 9.83. The molecule has 0 aliphatic rings. The van der Waals surface area contributed by atoms with Gasteiger partial charge >= 0.3 is 0 Å². The predicted octanol–water partition coefficient (Wildman–Crippen LogP) is 4.50. The van der Waals surface area contributed by atoms with E-state index in [-0.39, 0.29) is 11.9 Å². The Balaban J connectivity index is 2.13. The number of nitrogens with one attached hydrogen (secondary N) is 1. The molecule has 0 aromatic heterocycles. The van der Waals surface area contributed by atoms with Gasteiger partial charge in [0.25, 0.3) is 0 Å². The van der Waals surface area contributed by atoms with Gasteiger partial charge in [-0.2, -0.15) is 0 Å². The monoisotopic (exact) mass is 301 g/mol. The fourth-order valence-electron chi connectivity index (χ4n) is 2.20. The molecule has 1 amide bonds. The lowest BCUT2D eigenvalue weighted by molar-refractivity contribution is -0.126. The molecule has 0 bridgehead atoms. The third-order valence-corrected chi connectivity index (χ3v) is 4.03. The smallest absolute Gasteiger partial charge is 0.230 e. The number of hydrogen-bond acceptors (Lipinski definition) is 1. The van der Waals surface area contributed by atoms with E-state index < -0.39 is 5.41 Å². The number of halogens is 1. The molecule has 21 heavy (non-hydrogen) atoms. The molecule has 1 N–H and O–H groups in total. The van der Waals surface area contributed by atoms with Crippen LogP contribution in [0.4, 0.5) is 0 Å². The molecule has 0 heterocycles. The third-order valence-electron chi connectivity index (χ3n) is 3.78. The van der Waals surface area contributed by atoms with Crippen LogP contribution in [0.25, 0.3) is 0 Å².